The smallest absolute Gasteiger partial charge is 0.257 e. The lowest BCUT2D eigenvalue weighted by Crippen LogP contribution is -2.47. The number of piperazine rings is 1. The molecule has 2 aliphatic heterocycles. The normalized spacial score (nSPS) is 22.7. The van der Waals surface area contributed by atoms with Crippen molar-refractivity contribution in [2.45, 2.75) is 38.2 Å². The summed E-state index contributed by atoms with van der Waals surface area (Å²) in [6, 6.07) is 4.22. The molecule has 0 radical (unpaired) electrons. The number of benzene rings is 1. The number of likely N-dealkylation sites (N-methyl/N-ethyl adjacent to an activating group) is 1. The molecule has 3 fully saturated rings. The number of hydrogen-bond acceptors (Lipinski definition) is 9. The molecule has 3 aromatic rings. The molecular weight excluding hydrogens is 494 g/mol. The standard InChI is InChI=1S/C29H37N7O3/c1-34-8-10-36(11-9-34)29(37)22-19-32-27(33-20-22)16-21-2-4-24(5-3-21)39-26-18-23(35-12-14-38-15-13-35)17-25-28(26)31-7-6-30-25/h6-7,17-21,24H,2-5,8-16H2,1H3. The first-order chi connectivity index (χ1) is 19.1. The summed E-state index contributed by atoms with van der Waals surface area (Å²) >= 11 is 0. The predicted molar refractivity (Wildman–Crippen MR) is 148 cm³/mol. The van der Waals surface area contributed by atoms with Crippen molar-refractivity contribution < 1.29 is 14.3 Å². The van der Waals surface area contributed by atoms with E-state index in [0.717, 1.165) is 113 Å². The molecule has 0 atom stereocenters. The highest BCUT2D eigenvalue weighted by atomic mass is 16.5. The maximum Gasteiger partial charge on any atom is 0.257 e. The molecule has 10 nitrogen and oxygen atoms in total. The number of nitrogens with zero attached hydrogens (tertiary/aromatic N) is 7. The summed E-state index contributed by atoms with van der Waals surface area (Å²) in [4.78, 5) is 37.5. The van der Waals surface area contributed by atoms with Gasteiger partial charge in [0.15, 0.2) is 0 Å². The van der Waals surface area contributed by atoms with E-state index in [0.29, 0.717) is 11.5 Å². The summed E-state index contributed by atoms with van der Waals surface area (Å²) in [5.74, 6) is 2.17. The minimum Gasteiger partial charge on any atom is -0.488 e. The summed E-state index contributed by atoms with van der Waals surface area (Å²) in [5.41, 5.74) is 3.37. The fourth-order valence-electron chi connectivity index (χ4n) is 5.78. The summed E-state index contributed by atoms with van der Waals surface area (Å²) in [7, 11) is 2.08. The Kier molecular flexibility index (Phi) is 7.83. The second-order valence-corrected chi connectivity index (χ2v) is 10.9. The fraction of sp³-hybridized carbons (Fsp3) is 0.552. The summed E-state index contributed by atoms with van der Waals surface area (Å²) in [5, 5.41) is 0. The first-order valence-corrected chi connectivity index (χ1v) is 14.2. The van der Waals surface area contributed by atoms with Gasteiger partial charge in [0.2, 0.25) is 0 Å². The molecule has 0 N–H and O–H groups in total. The van der Waals surface area contributed by atoms with Crippen LogP contribution in [0.25, 0.3) is 11.0 Å². The molecule has 0 bridgehead atoms. The van der Waals surface area contributed by atoms with Gasteiger partial charge >= 0.3 is 0 Å². The van der Waals surface area contributed by atoms with Gasteiger partial charge in [0.1, 0.15) is 17.1 Å². The van der Waals surface area contributed by atoms with Crippen LogP contribution in [0.1, 0.15) is 41.9 Å². The van der Waals surface area contributed by atoms with Crippen LogP contribution in [0.2, 0.25) is 0 Å². The van der Waals surface area contributed by atoms with Gasteiger partial charge in [-0.15, -0.1) is 0 Å². The maximum atomic E-state index is 12.8. The first-order valence-electron chi connectivity index (χ1n) is 14.2. The Morgan fingerprint density at radius 3 is 2.38 bits per heavy atom. The molecule has 4 heterocycles. The second kappa shape index (κ2) is 11.8. The average molecular weight is 532 g/mol. The molecule has 6 rings (SSSR count). The summed E-state index contributed by atoms with van der Waals surface area (Å²) < 4.78 is 12.1. The number of ether oxygens (including phenoxy) is 2. The molecule has 10 heteroatoms. The van der Waals surface area contributed by atoms with Crippen LogP contribution in [0.15, 0.2) is 36.9 Å². The Labute approximate surface area is 229 Å². The molecule has 39 heavy (non-hydrogen) atoms. The number of fused-ring (bicyclic) bond motifs is 1. The molecule has 2 saturated heterocycles. The largest absolute Gasteiger partial charge is 0.488 e. The second-order valence-electron chi connectivity index (χ2n) is 10.9. The minimum atomic E-state index is 0.0298. The van der Waals surface area contributed by atoms with Crippen LogP contribution in [0.3, 0.4) is 0 Å². The molecule has 0 spiro atoms. The highest BCUT2D eigenvalue weighted by Gasteiger charge is 2.26. The van der Waals surface area contributed by atoms with Gasteiger partial charge in [0.05, 0.1) is 30.4 Å². The van der Waals surface area contributed by atoms with Gasteiger partial charge in [-0.1, -0.05) is 0 Å². The van der Waals surface area contributed by atoms with Crippen LogP contribution >= 0.6 is 0 Å². The topological polar surface area (TPSA) is 96.8 Å². The number of rotatable bonds is 6. The van der Waals surface area contributed by atoms with Crippen molar-refractivity contribution >= 4 is 22.6 Å². The van der Waals surface area contributed by atoms with E-state index in [1.807, 2.05) is 4.90 Å². The van der Waals surface area contributed by atoms with Gasteiger partial charge in [-0.2, -0.15) is 0 Å². The molecule has 1 amide bonds. The van der Waals surface area contributed by atoms with Crippen molar-refractivity contribution in [3.05, 3.63) is 48.3 Å². The third kappa shape index (κ3) is 6.12. The molecule has 1 saturated carbocycles. The van der Waals surface area contributed by atoms with Crippen LogP contribution in [0, 0.1) is 5.92 Å². The van der Waals surface area contributed by atoms with Crippen molar-refractivity contribution in [2.24, 2.45) is 5.92 Å². The van der Waals surface area contributed by atoms with Gasteiger partial charge in [0.25, 0.3) is 5.91 Å². The van der Waals surface area contributed by atoms with Crippen molar-refractivity contribution in [1.29, 1.82) is 0 Å². The Balaban J connectivity index is 1.05. The highest BCUT2D eigenvalue weighted by Crippen LogP contribution is 2.34. The minimum absolute atomic E-state index is 0.0298. The number of carbonyl (C=O) groups excluding carboxylic acids is 1. The van der Waals surface area contributed by atoms with E-state index in [1.54, 1.807) is 24.8 Å². The van der Waals surface area contributed by atoms with Crippen LogP contribution in [-0.2, 0) is 11.2 Å². The number of morpholine rings is 1. The molecule has 0 unspecified atom stereocenters. The lowest BCUT2D eigenvalue weighted by atomic mass is 9.85. The quantitative estimate of drug-likeness (QED) is 0.476. The van der Waals surface area contributed by atoms with E-state index < -0.39 is 0 Å². The molecule has 2 aromatic heterocycles. The van der Waals surface area contributed by atoms with Crippen LogP contribution < -0.4 is 9.64 Å². The Morgan fingerprint density at radius 1 is 0.923 bits per heavy atom. The van der Waals surface area contributed by atoms with Crippen molar-refractivity contribution in [3.63, 3.8) is 0 Å². The zero-order valence-electron chi connectivity index (χ0n) is 22.7. The molecular formula is C29H37N7O3. The number of aromatic nitrogens is 4. The van der Waals surface area contributed by atoms with Crippen molar-refractivity contribution in [2.75, 3.05) is 64.4 Å². The van der Waals surface area contributed by atoms with Gasteiger partial charge in [-0.3, -0.25) is 9.78 Å². The molecule has 206 valence electrons. The Morgan fingerprint density at radius 2 is 1.64 bits per heavy atom. The molecule has 3 aliphatic rings. The van der Waals surface area contributed by atoms with E-state index in [2.05, 4.69) is 48.9 Å². The van der Waals surface area contributed by atoms with E-state index in [4.69, 9.17) is 9.47 Å². The van der Waals surface area contributed by atoms with Crippen LogP contribution in [-0.4, -0.2) is 101 Å². The van der Waals surface area contributed by atoms with Crippen molar-refractivity contribution in [1.82, 2.24) is 29.7 Å². The lowest BCUT2D eigenvalue weighted by Gasteiger charge is -2.32. The van der Waals surface area contributed by atoms with Gasteiger partial charge in [-0.05, 0) is 44.7 Å². The monoisotopic (exact) mass is 531 g/mol. The third-order valence-electron chi connectivity index (χ3n) is 8.20. The lowest BCUT2D eigenvalue weighted by molar-refractivity contribution is 0.0663. The first kappa shape index (κ1) is 25.9. The van der Waals surface area contributed by atoms with Gasteiger partial charge in [-0.25, -0.2) is 15.0 Å². The Bertz CT molecular complexity index is 1270. The van der Waals surface area contributed by atoms with Crippen LogP contribution in [0.4, 0.5) is 5.69 Å². The van der Waals surface area contributed by atoms with E-state index in [-0.39, 0.29) is 12.0 Å². The molecule has 1 aromatic carbocycles. The van der Waals surface area contributed by atoms with E-state index in [9.17, 15) is 4.79 Å². The van der Waals surface area contributed by atoms with E-state index in [1.165, 1.54) is 0 Å². The van der Waals surface area contributed by atoms with E-state index >= 15 is 0 Å². The number of hydrogen-bond donors (Lipinski definition) is 0. The molecule has 1 aliphatic carbocycles. The average Bonchev–Trinajstić information content (AvgIpc) is 2.99. The predicted octanol–water partition coefficient (Wildman–Crippen LogP) is 2.82. The summed E-state index contributed by atoms with van der Waals surface area (Å²) in [6.07, 6.45) is 11.9. The number of carbonyl (C=O) groups is 1. The zero-order chi connectivity index (χ0) is 26.6. The van der Waals surface area contributed by atoms with Gasteiger partial charge in [0, 0.05) is 82.2 Å². The number of anilines is 1. The van der Waals surface area contributed by atoms with Crippen molar-refractivity contribution in [3.8, 4) is 5.75 Å². The third-order valence-corrected chi connectivity index (χ3v) is 8.20. The SMILES string of the molecule is CN1CCN(C(=O)c2cnc(CC3CCC(Oc4cc(N5CCOCC5)cc5nccnc45)CC3)nc2)CC1. The highest BCUT2D eigenvalue weighted by molar-refractivity contribution is 5.93. The Hall–Kier alpha value is -3.37. The summed E-state index contributed by atoms with van der Waals surface area (Å²) in [6.45, 7) is 6.51. The number of amides is 1. The van der Waals surface area contributed by atoms with Gasteiger partial charge < -0.3 is 24.2 Å². The fourth-order valence-corrected chi connectivity index (χ4v) is 5.78. The maximum absolute atomic E-state index is 12.8. The van der Waals surface area contributed by atoms with Crippen LogP contribution in [0.5, 0.6) is 5.75 Å². The zero-order valence-corrected chi connectivity index (χ0v) is 22.7.